The van der Waals surface area contributed by atoms with Gasteiger partial charge in [0.15, 0.2) is 5.11 Å². The van der Waals surface area contributed by atoms with Gasteiger partial charge in [-0.1, -0.05) is 12.1 Å². The molecule has 1 aliphatic rings. The van der Waals surface area contributed by atoms with E-state index in [0.717, 1.165) is 22.6 Å². The number of nitrogens with zero attached hydrogens (tertiary/aromatic N) is 4. The van der Waals surface area contributed by atoms with Crippen LogP contribution in [0.2, 0.25) is 0 Å². The Kier molecular flexibility index (Phi) is 5.54. The van der Waals surface area contributed by atoms with Crippen molar-refractivity contribution < 1.29 is 9.34 Å². The second-order valence-corrected chi connectivity index (χ2v) is 8.01. The van der Waals surface area contributed by atoms with Crippen molar-refractivity contribution in [3.63, 3.8) is 0 Å². The molecule has 1 aliphatic heterocycles. The molecule has 1 aromatic carbocycles. The Labute approximate surface area is 195 Å². The lowest BCUT2D eigenvalue weighted by atomic mass is 10.0. The van der Waals surface area contributed by atoms with Crippen LogP contribution in [-0.4, -0.2) is 24.9 Å². The van der Waals surface area contributed by atoms with Gasteiger partial charge in [0.25, 0.3) is 5.69 Å². The predicted octanol–water partition coefficient (Wildman–Crippen LogP) is 4.82. The normalized spacial score (nSPS) is 17.7. The Hall–Kier alpha value is -4.11. The first-order valence-electron chi connectivity index (χ1n) is 10.3. The van der Waals surface area contributed by atoms with Crippen LogP contribution in [0.15, 0.2) is 89.7 Å². The Morgan fingerprint density at radius 1 is 1.06 bits per heavy atom. The van der Waals surface area contributed by atoms with Crippen molar-refractivity contribution in [2.45, 2.75) is 18.6 Å². The van der Waals surface area contributed by atoms with Gasteiger partial charge in [-0.05, 0) is 60.2 Å². The first-order chi connectivity index (χ1) is 16.1. The van der Waals surface area contributed by atoms with Crippen molar-refractivity contribution in [1.82, 2.24) is 20.2 Å². The fraction of sp³-hybridized carbons (Fsp3) is 0.125. The monoisotopic (exact) mass is 457 g/mol. The predicted molar refractivity (Wildman–Crippen MR) is 126 cm³/mol. The maximum absolute atomic E-state index is 11.0. The Bertz CT molecular complexity index is 1280. The Balaban J connectivity index is 1.51. The van der Waals surface area contributed by atoms with Crippen LogP contribution in [0.25, 0.3) is 11.3 Å². The van der Waals surface area contributed by atoms with Gasteiger partial charge < -0.3 is 14.6 Å². The van der Waals surface area contributed by atoms with E-state index < -0.39 is 4.92 Å². The van der Waals surface area contributed by atoms with Crippen LogP contribution in [0.3, 0.4) is 0 Å². The second kappa shape index (κ2) is 8.79. The average Bonchev–Trinajstić information content (AvgIpc) is 3.45. The van der Waals surface area contributed by atoms with Crippen LogP contribution in [0.5, 0.6) is 0 Å². The lowest BCUT2D eigenvalue weighted by Gasteiger charge is -2.26. The van der Waals surface area contributed by atoms with Crippen LogP contribution in [-0.2, 0) is 6.54 Å². The van der Waals surface area contributed by atoms with Crippen LogP contribution < -0.4 is 5.32 Å². The minimum Gasteiger partial charge on any atom is -0.459 e. The van der Waals surface area contributed by atoms with E-state index in [9.17, 15) is 10.1 Å². The smallest absolute Gasteiger partial charge is 0.269 e. The summed E-state index contributed by atoms with van der Waals surface area (Å²) in [5.41, 5.74) is 2.67. The summed E-state index contributed by atoms with van der Waals surface area (Å²) in [4.78, 5) is 21.4. The quantitative estimate of drug-likeness (QED) is 0.250. The van der Waals surface area contributed by atoms with Crippen molar-refractivity contribution in [2.24, 2.45) is 0 Å². The summed E-state index contributed by atoms with van der Waals surface area (Å²) in [6.07, 6.45) is 5.31. The molecule has 1 N–H and O–H groups in total. The standard InChI is InChI=1S/C24H19N5O3S/c30-29(31)18-8-6-17(7-9-18)20-10-11-21(32-20)23-22(19-5-1-2-13-26-19)27-24(33)28(23)15-16-4-3-12-25-14-16/h1-14,22-23H,15H2,(H,27,33)/t22-,23+/m1/s1. The molecule has 1 fully saturated rings. The number of hydrogen-bond acceptors (Lipinski definition) is 6. The number of pyridine rings is 2. The lowest BCUT2D eigenvalue weighted by molar-refractivity contribution is -0.384. The van der Waals surface area contributed by atoms with Crippen LogP contribution in [0.1, 0.15) is 29.1 Å². The maximum atomic E-state index is 11.0. The minimum atomic E-state index is -0.420. The van der Waals surface area contributed by atoms with E-state index in [2.05, 4.69) is 20.2 Å². The highest BCUT2D eigenvalue weighted by Gasteiger charge is 2.41. The number of aromatic nitrogens is 2. The number of benzene rings is 1. The molecule has 8 nitrogen and oxygen atoms in total. The third kappa shape index (κ3) is 4.18. The molecule has 2 atom stereocenters. The van der Waals surface area contributed by atoms with Gasteiger partial charge in [0, 0.05) is 42.8 Å². The molecule has 0 saturated carbocycles. The Morgan fingerprint density at radius 3 is 2.61 bits per heavy atom. The molecule has 4 heterocycles. The maximum Gasteiger partial charge on any atom is 0.269 e. The minimum absolute atomic E-state index is 0.0359. The fourth-order valence-electron chi connectivity index (χ4n) is 3.99. The summed E-state index contributed by atoms with van der Waals surface area (Å²) in [5, 5.41) is 15.0. The zero-order valence-corrected chi connectivity index (χ0v) is 18.2. The third-order valence-electron chi connectivity index (χ3n) is 5.55. The highest BCUT2D eigenvalue weighted by molar-refractivity contribution is 7.80. The summed E-state index contributed by atoms with van der Waals surface area (Å²) in [5.74, 6) is 1.34. The molecule has 3 aromatic heterocycles. The number of nitrogens with one attached hydrogen (secondary N) is 1. The van der Waals surface area contributed by atoms with Crippen molar-refractivity contribution in [1.29, 1.82) is 0 Å². The zero-order valence-electron chi connectivity index (χ0n) is 17.4. The highest BCUT2D eigenvalue weighted by Crippen LogP contribution is 2.41. The summed E-state index contributed by atoms with van der Waals surface area (Å²) in [7, 11) is 0. The third-order valence-corrected chi connectivity index (χ3v) is 5.91. The lowest BCUT2D eigenvalue weighted by Crippen LogP contribution is -2.29. The molecule has 0 bridgehead atoms. The van der Waals surface area contributed by atoms with Crippen molar-refractivity contribution >= 4 is 23.0 Å². The average molecular weight is 458 g/mol. The largest absolute Gasteiger partial charge is 0.459 e. The number of nitro benzene ring substituents is 1. The molecule has 0 spiro atoms. The molecule has 0 radical (unpaired) electrons. The number of rotatable bonds is 6. The number of non-ortho nitro benzene ring substituents is 1. The van der Waals surface area contributed by atoms with Gasteiger partial charge in [-0.15, -0.1) is 0 Å². The Morgan fingerprint density at radius 2 is 1.91 bits per heavy atom. The van der Waals surface area contributed by atoms with Gasteiger partial charge in [-0.25, -0.2) is 0 Å². The van der Waals surface area contributed by atoms with Gasteiger partial charge in [0.1, 0.15) is 17.6 Å². The van der Waals surface area contributed by atoms with E-state index in [1.54, 1.807) is 24.5 Å². The molecule has 33 heavy (non-hydrogen) atoms. The van der Waals surface area contributed by atoms with E-state index in [4.69, 9.17) is 16.6 Å². The van der Waals surface area contributed by atoms with Gasteiger partial charge >= 0.3 is 0 Å². The van der Waals surface area contributed by atoms with Gasteiger partial charge in [-0.2, -0.15) is 0 Å². The SMILES string of the molecule is O=[N+]([O-])c1ccc(-c2ccc([C@H]3[C@@H](c4ccccn4)NC(=S)N3Cc3cccnc3)o2)cc1. The van der Waals surface area contributed by atoms with Gasteiger partial charge in [0.05, 0.1) is 16.7 Å². The van der Waals surface area contributed by atoms with Gasteiger partial charge in [-0.3, -0.25) is 20.1 Å². The van der Waals surface area contributed by atoms with Crippen molar-refractivity contribution in [2.75, 3.05) is 0 Å². The zero-order chi connectivity index (χ0) is 22.8. The van der Waals surface area contributed by atoms with E-state index in [-0.39, 0.29) is 17.8 Å². The number of nitro groups is 1. The molecule has 5 rings (SSSR count). The fourth-order valence-corrected chi connectivity index (χ4v) is 4.29. The van der Waals surface area contributed by atoms with Crippen LogP contribution >= 0.6 is 12.2 Å². The molecular weight excluding hydrogens is 438 g/mol. The number of thiocarbonyl (C=S) groups is 1. The molecule has 0 aliphatic carbocycles. The number of furan rings is 1. The number of hydrogen-bond donors (Lipinski definition) is 1. The molecule has 9 heteroatoms. The first-order valence-corrected chi connectivity index (χ1v) is 10.7. The van der Waals surface area contributed by atoms with Crippen molar-refractivity contribution in [3.8, 4) is 11.3 Å². The van der Waals surface area contributed by atoms with E-state index in [1.165, 1.54) is 12.1 Å². The van der Waals surface area contributed by atoms with Gasteiger partial charge in [0.2, 0.25) is 0 Å². The molecule has 4 aromatic rings. The molecule has 164 valence electrons. The molecule has 0 unspecified atom stereocenters. The highest BCUT2D eigenvalue weighted by atomic mass is 32.1. The second-order valence-electron chi connectivity index (χ2n) is 7.62. The molecule has 0 amide bonds. The van der Waals surface area contributed by atoms with E-state index in [0.29, 0.717) is 17.4 Å². The van der Waals surface area contributed by atoms with Crippen LogP contribution in [0, 0.1) is 10.1 Å². The first kappa shape index (κ1) is 20.8. The van der Waals surface area contributed by atoms with E-state index >= 15 is 0 Å². The molecular formula is C24H19N5O3S. The summed E-state index contributed by atoms with van der Waals surface area (Å²) >= 11 is 5.69. The molecule has 1 saturated heterocycles. The summed E-state index contributed by atoms with van der Waals surface area (Å²) in [6.45, 7) is 0.557. The van der Waals surface area contributed by atoms with Crippen molar-refractivity contribution in [3.05, 3.63) is 112 Å². The summed E-state index contributed by atoms with van der Waals surface area (Å²) < 4.78 is 6.27. The topological polar surface area (TPSA) is 97.3 Å². The van der Waals surface area contributed by atoms with E-state index in [1.807, 2.05) is 48.7 Å². The summed E-state index contributed by atoms with van der Waals surface area (Å²) in [6, 6.07) is 19.3. The van der Waals surface area contributed by atoms with Crippen LogP contribution in [0.4, 0.5) is 5.69 Å².